The maximum Gasteiger partial charge on any atom is 0.573 e. The number of carboxylic acid groups (broad SMARTS) is 1. The summed E-state index contributed by atoms with van der Waals surface area (Å²) < 4.78 is 45.4. The molecule has 112 valence electrons. The van der Waals surface area contributed by atoms with Gasteiger partial charge < -0.3 is 19.6 Å². The predicted molar refractivity (Wildman–Crippen MR) is 66.1 cm³/mol. The number of alkyl halides is 3. The van der Waals surface area contributed by atoms with Gasteiger partial charge in [0.2, 0.25) is 5.76 Å². The molecule has 0 saturated carbocycles. The van der Waals surface area contributed by atoms with Crippen molar-refractivity contribution in [2.45, 2.75) is 12.9 Å². The Kier molecular flexibility index (Phi) is 4.06. The molecular weight excluding hydrogens is 291 g/mol. The van der Waals surface area contributed by atoms with E-state index in [9.17, 15) is 18.0 Å². The van der Waals surface area contributed by atoms with E-state index in [1.807, 2.05) is 0 Å². The van der Waals surface area contributed by atoms with Crippen molar-refractivity contribution in [1.82, 2.24) is 0 Å². The SMILES string of the molecule is O=C(O)c1occc1CNc1ccccc1OC(F)(F)F. The zero-order valence-corrected chi connectivity index (χ0v) is 10.5. The van der Waals surface area contributed by atoms with Crippen molar-refractivity contribution in [1.29, 1.82) is 0 Å². The molecule has 0 aliphatic carbocycles. The Hall–Kier alpha value is -2.64. The lowest BCUT2D eigenvalue weighted by Crippen LogP contribution is -2.18. The number of hydrogen-bond acceptors (Lipinski definition) is 4. The van der Waals surface area contributed by atoms with Crippen LogP contribution in [0.25, 0.3) is 0 Å². The Balaban J connectivity index is 2.13. The number of furan rings is 1. The first-order chi connectivity index (χ1) is 9.87. The van der Waals surface area contributed by atoms with Crippen LogP contribution >= 0.6 is 0 Å². The highest BCUT2D eigenvalue weighted by Gasteiger charge is 2.32. The molecule has 2 N–H and O–H groups in total. The molecule has 0 atom stereocenters. The molecule has 0 bridgehead atoms. The number of halogens is 3. The number of ether oxygens (including phenoxy) is 1. The molecule has 0 fully saturated rings. The standard InChI is InChI=1S/C13H10F3NO4/c14-13(15,16)21-10-4-2-1-3-9(10)17-7-8-5-6-20-11(8)12(18)19/h1-6,17H,7H2,(H,18,19). The summed E-state index contributed by atoms with van der Waals surface area (Å²) in [6.07, 6.45) is -3.61. The topological polar surface area (TPSA) is 71.7 Å². The molecule has 0 aliphatic rings. The second kappa shape index (κ2) is 5.78. The Morgan fingerprint density at radius 3 is 2.67 bits per heavy atom. The van der Waals surface area contributed by atoms with E-state index in [2.05, 4.69) is 10.1 Å². The smallest absolute Gasteiger partial charge is 0.475 e. The van der Waals surface area contributed by atoms with Crippen LogP contribution in [0.15, 0.2) is 41.0 Å². The van der Waals surface area contributed by atoms with Crippen molar-refractivity contribution in [2.75, 3.05) is 5.32 Å². The average molecular weight is 301 g/mol. The lowest BCUT2D eigenvalue weighted by Gasteiger charge is -2.14. The highest BCUT2D eigenvalue weighted by atomic mass is 19.4. The Labute approximate surface area is 116 Å². The number of aromatic carboxylic acids is 1. The second-order valence-electron chi connectivity index (χ2n) is 3.98. The van der Waals surface area contributed by atoms with E-state index in [0.29, 0.717) is 5.56 Å². The number of carbonyl (C=O) groups is 1. The van der Waals surface area contributed by atoms with Crippen LogP contribution < -0.4 is 10.1 Å². The molecule has 0 unspecified atom stereocenters. The van der Waals surface area contributed by atoms with Crippen molar-refractivity contribution in [3.8, 4) is 5.75 Å². The van der Waals surface area contributed by atoms with Gasteiger partial charge in [-0.2, -0.15) is 0 Å². The molecule has 2 rings (SSSR count). The summed E-state index contributed by atoms with van der Waals surface area (Å²) in [6, 6.07) is 6.89. The Morgan fingerprint density at radius 1 is 1.29 bits per heavy atom. The molecule has 0 spiro atoms. The minimum Gasteiger partial charge on any atom is -0.475 e. The Bertz CT molecular complexity index is 636. The number of carboxylic acids is 1. The molecule has 5 nitrogen and oxygen atoms in total. The number of rotatable bonds is 5. The number of nitrogens with one attached hydrogen (secondary N) is 1. The van der Waals surface area contributed by atoms with Crippen molar-refractivity contribution >= 4 is 11.7 Å². The zero-order chi connectivity index (χ0) is 15.5. The molecule has 8 heteroatoms. The quantitative estimate of drug-likeness (QED) is 0.884. The lowest BCUT2D eigenvalue weighted by molar-refractivity contribution is -0.274. The zero-order valence-electron chi connectivity index (χ0n) is 10.5. The summed E-state index contributed by atoms with van der Waals surface area (Å²) in [4.78, 5) is 10.9. The predicted octanol–water partition coefficient (Wildman–Crippen LogP) is 3.49. The number of benzene rings is 1. The van der Waals surface area contributed by atoms with E-state index < -0.39 is 18.1 Å². The third-order valence-electron chi connectivity index (χ3n) is 2.52. The fourth-order valence-electron chi connectivity index (χ4n) is 1.68. The molecule has 0 amide bonds. The van der Waals surface area contributed by atoms with Gasteiger partial charge in [0.15, 0.2) is 5.75 Å². The number of anilines is 1. The minimum atomic E-state index is -4.81. The molecule has 0 radical (unpaired) electrons. The van der Waals surface area contributed by atoms with E-state index in [4.69, 9.17) is 9.52 Å². The molecule has 21 heavy (non-hydrogen) atoms. The Morgan fingerprint density at radius 2 is 2.00 bits per heavy atom. The van der Waals surface area contributed by atoms with E-state index >= 15 is 0 Å². The summed E-state index contributed by atoms with van der Waals surface area (Å²) in [7, 11) is 0. The van der Waals surface area contributed by atoms with Crippen molar-refractivity contribution in [2.24, 2.45) is 0 Å². The van der Waals surface area contributed by atoms with E-state index in [0.717, 1.165) is 6.07 Å². The van der Waals surface area contributed by atoms with Gasteiger partial charge in [-0.3, -0.25) is 0 Å². The van der Waals surface area contributed by atoms with Gasteiger partial charge in [-0.1, -0.05) is 12.1 Å². The van der Waals surface area contributed by atoms with Crippen LogP contribution in [-0.4, -0.2) is 17.4 Å². The molecule has 1 heterocycles. The third kappa shape index (κ3) is 3.91. The van der Waals surface area contributed by atoms with Crippen LogP contribution in [0.4, 0.5) is 18.9 Å². The van der Waals surface area contributed by atoms with Gasteiger partial charge in [0.25, 0.3) is 0 Å². The first-order valence-corrected chi connectivity index (χ1v) is 5.75. The van der Waals surface area contributed by atoms with E-state index in [-0.39, 0.29) is 18.0 Å². The van der Waals surface area contributed by atoms with Gasteiger partial charge in [0.05, 0.1) is 12.0 Å². The van der Waals surface area contributed by atoms with Crippen LogP contribution in [0.5, 0.6) is 5.75 Å². The first-order valence-electron chi connectivity index (χ1n) is 5.75. The molecule has 1 aromatic heterocycles. The van der Waals surface area contributed by atoms with Crippen molar-refractivity contribution in [3.63, 3.8) is 0 Å². The van der Waals surface area contributed by atoms with Gasteiger partial charge in [-0.05, 0) is 18.2 Å². The average Bonchev–Trinajstić information content (AvgIpc) is 2.84. The normalized spacial score (nSPS) is 11.2. The summed E-state index contributed by atoms with van der Waals surface area (Å²) in [5.74, 6) is -1.92. The van der Waals surface area contributed by atoms with Gasteiger partial charge in [-0.15, -0.1) is 13.2 Å². The van der Waals surface area contributed by atoms with Gasteiger partial charge in [-0.25, -0.2) is 4.79 Å². The summed E-state index contributed by atoms with van der Waals surface area (Å²) in [5.41, 5.74) is 0.400. The highest BCUT2D eigenvalue weighted by molar-refractivity contribution is 5.86. The van der Waals surface area contributed by atoms with Crippen LogP contribution in [0, 0.1) is 0 Å². The van der Waals surface area contributed by atoms with Crippen molar-refractivity contribution in [3.05, 3.63) is 47.9 Å². The second-order valence-corrected chi connectivity index (χ2v) is 3.98. The molecule has 0 aliphatic heterocycles. The van der Waals surface area contributed by atoms with E-state index in [1.54, 1.807) is 0 Å². The molecule has 2 aromatic rings. The molecule has 0 saturated heterocycles. The van der Waals surface area contributed by atoms with Gasteiger partial charge >= 0.3 is 12.3 Å². The lowest BCUT2D eigenvalue weighted by atomic mass is 10.2. The molecular formula is C13H10F3NO4. The molecule has 1 aromatic carbocycles. The van der Waals surface area contributed by atoms with Gasteiger partial charge in [0.1, 0.15) is 0 Å². The number of hydrogen-bond donors (Lipinski definition) is 2. The number of para-hydroxylation sites is 2. The third-order valence-corrected chi connectivity index (χ3v) is 2.52. The fourth-order valence-corrected chi connectivity index (χ4v) is 1.68. The summed E-state index contributed by atoms with van der Waals surface area (Å²) >= 11 is 0. The van der Waals surface area contributed by atoms with Gasteiger partial charge in [0, 0.05) is 12.1 Å². The maximum absolute atomic E-state index is 12.3. The maximum atomic E-state index is 12.3. The van der Waals surface area contributed by atoms with Crippen LogP contribution in [0.1, 0.15) is 16.1 Å². The van der Waals surface area contributed by atoms with Crippen molar-refractivity contribution < 1.29 is 32.2 Å². The highest BCUT2D eigenvalue weighted by Crippen LogP contribution is 2.30. The van der Waals surface area contributed by atoms with Crippen LogP contribution in [-0.2, 0) is 6.54 Å². The summed E-state index contributed by atoms with van der Waals surface area (Å²) in [5, 5.41) is 11.5. The monoisotopic (exact) mass is 301 g/mol. The first kappa shape index (κ1) is 14.8. The largest absolute Gasteiger partial charge is 0.573 e. The fraction of sp³-hybridized carbons (Fsp3) is 0.154. The van der Waals surface area contributed by atoms with Crippen LogP contribution in [0.3, 0.4) is 0 Å². The minimum absolute atomic E-state index is 0.0175. The summed E-state index contributed by atoms with van der Waals surface area (Å²) in [6.45, 7) is -0.0175. The van der Waals surface area contributed by atoms with Crippen LogP contribution in [0.2, 0.25) is 0 Å². The van der Waals surface area contributed by atoms with E-state index in [1.165, 1.54) is 30.5 Å².